The van der Waals surface area contributed by atoms with Crippen LogP contribution in [0.3, 0.4) is 0 Å². The van der Waals surface area contributed by atoms with E-state index in [1.165, 1.54) is 77.0 Å². The van der Waals surface area contributed by atoms with E-state index in [1.54, 1.807) is 0 Å². The molecule has 3 rings (SSSR count). The summed E-state index contributed by atoms with van der Waals surface area (Å²) >= 11 is 0. The fraction of sp³-hybridized carbons (Fsp3) is 0.889. The van der Waals surface area contributed by atoms with E-state index in [9.17, 15) is 14.4 Å². The minimum Gasteiger partial charge on any atom is -0.481 e. The van der Waals surface area contributed by atoms with Gasteiger partial charge >= 0.3 is 17.9 Å². The molecule has 3 saturated carbocycles. The highest BCUT2D eigenvalue weighted by Gasteiger charge is 2.23. The van der Waals surface area contributed by atoms with Gasteiger partial charge in [-0.1, -0.05) is 20.8 Å². The third kappa shape index (κ3) is 19.5. The molecule has 0 spiro atoms. The van der Waals surface area contributed by atoms with Crippen LogP contribution in [0.25, 0.3) is 0 Å². The van der Waals surface area contributed by atoms with Gasteiger partial charge in [0.25, 0.3) is 0 Å². The average molecular weight is 516 g/mol. The van der Waals surface area contributed by atoms with Crippen molar-refractivity contribution in [3.05, 3.63) is 0 Å². The molecule has 0 bridgehead atoms. The van der Waals surface area contributed by atoms with E-state index in [-0.39, 0.29) is 0 Å². The molecule has 0 heterocycles. The topological polar surface area (TPSA) is 190 Å². The third-order valence-corrected chi connectivity index (χ3v) is 7.37. The summed E-state index contributed by atoms with van der Waals surface area (Å²) in [6.07, 6.45) is 14.3. The van der Waals surface area contributed by atoms with E-state index >= 15 is 0 Å². The van der Waals surface area contributed by atoms with Crippen LogP contribution in [0.15, 0.2) is 0 Å². The first-order valence-corrected chi connectivity index (χ1v) is 13.7. The molecule has 0 aliphatic heterocycles. The molecule has 3 aliphatic carbocycles. The first kappa shape index (κ1) is 34.3. The number of carbonyl (C=O) groups is 3. The van der Waals surface area contributed by atoms with Crippen molar-refractivity contribution in [2.75, 3.05) is 0 Å². The first-order chi connectivity index (χ1) is 16.8. The molecule has 0 saturated heterocycles. The Morgan fingerprint density at radius 1 is 0.556 bits per heavy atom. The summed E-state index contributed by atoms with van der Waals surface area (Å²) in [5, 5.41) is 24.7. The number of carboxylic acids is 3. The maximum Gasteiger partial charge on any atom is 0.307 e. The highest BCUT2D eigenvalue weighted by atomic mass is 16.4. The van der Waals surface area contributed by atoms with Gasteiger partial charge in [-0.15, -0.1) is 0 Å². The molecule has 0 atom stereocenters. The molecule has 36 heavy (non-hydrogen) atoms. The summed E-state index contributed by atoms with van der Waals surface area (Å²) in [6, 6.07) is 1.56. The molecule has 0 amide bonds. The molecule has 0 aromatic carbocycles. The molecule has 9 N–H and O–H groups in total. The predicted octanol–water partition coefficient (Wildman–Crippen LogP) is 4.21. The van der Waals surface area contributed by atoms with Gasteiger partial charge in [0.15, 0.2) is 0 Å². The summed E-state index contributed by atoms with van der Waals surface area (Å²) in [5.41, 5.74) is 17.1. The van der Waals surface area contributed by atoms with Crippen LogP contribution in [0, 0.1) is 23.7 Å². The summed E-state index contributed by atoms with van der Waals surface area (Å²) in [7, 11) is 0. The number of aliphatic carboxylic acids is 3. The fourth-order valence-electron chi connectivity index (χ4n) is 4.53. The quantitative estimate of drug-likeness (QED) is 0.311. The molecule has 0 aromatic heterocycles. The molecular weight excluding hydrogens is 462 g/mol. The largest absolute Gasteiger partial charge is 0.481 e. The van der Waals surface area contributed by atoms with Crippen molar-refractivity contribution in [2.45, 2.75) is 129 Å². The normalized spacial score (nSPS) is 29.8. The molecular formula is C27H53N3O6. The lowest BCUT2D eigenvalue weighted by Crippen LogP contribution is -2.25. The number of hydrogen-bond acceptors (Lipinski definition) is 6. The van der Waals surface area contributed by atoms with Crippen molar-refractivity contribution >= 4 is 17.9 Å². The van der Waals surface area contributed by atoms with Gasteiger partial charge in [-0.3, -0.25) is 14.4 Å². The van der Waals surface area contributed by atoms with Crippen LogP contribution in [-0.4, -0.2) is 51.4 Å². The highest BCUT2D eigenvalue weighted by molar-refractivity contribution is 5.82. The Kier molecular flexibility index (Phi) is 18.5. The Balaban J connectivity index is 0.000000460. The number of carboxylic acid groups (broad SMARTS) is 3. The lowest BCUT2D eigenvalue weighted by Gasteiger charge is -2.22. The predicted molar refractivity (Wildman–Crippen MR) is 142 cm³/mol. The molecule has 0 aromatic rings. The molecule has 212 valence electrons. The lowest BCUT2D eigenvalue weighted by molar-refractivity contribution is -0.152. The minimum absolute atomic E-state index is 0.520. The second-order valence-corrected chi connectivity index (χ2v) is 11.3. The standard InChI is InChI=1S/3C7H15N.C6H8O6/c3*1-6-2-4-7(8)5-3-6;7-4(8)1-3(6(11)12)2-5(9)10/h3*6-7H,2-5,8H2,1H3;3H,1-2H2,(H,7,8)(H,9,10)(H,11,12). The van der Waals surface area contributed by atoms with Crippen molar-refractivity contribution < 1.29 is 29.7 Å². The molecule has 9 heteroatoms. The summed E-state index contributed by atoms with van der Waals surface area (Å²) < 4.78 is 0. The second-order valence-electron chi connectivity index (χ2n) is 11.3. The van der Waals surface area contributed by atoms with E-state index in [2.05, 4.69) is 20.8 Å². The average Bonchev–Trinajstić information content (AvgIpc) is 2.80. The van der Waals surface area contributed by atoms with Crippen LogP contribution in [0.1, 0.15) is 111 Å². The van der Waals surface area contributed by atoms with E-state index < -0.39 is 36.7 Å². The molecule has 9 nitrogen and oxygen atoms in total. The molecule has 3 fully saturated rings. The van der Waals surface area contributed by atoms with Gasteiger partial charge in [-0.05, 0) is 94.8 Å². The lowest BCUT2D eigenvalue weighted by atomic mass is 9.88. The Hall–Kier alpha value is -1.71. The monoisotopic (exact) mass is 515 g/mol. The van der Waals surface area contributed by atoms with Gasteiger partial charge in [-0.2, -0.15) is 0 Å². The number of hydrogen-bond donors (Lipinski definition) is 6. The molecule has 0 radical (unpaired) electrons. The van der Waals surface area contributed by atoms with Crippen molar-refractivity contribution in [1.82, 2.24) is 0 Å². The maximum absolute atomic E-state index is 10.2. The van der Waals surface area contributed by atoms with Gasteiger partial charge < -0.3 is 32.5 Å². The zero-order valence-electron chi connectivity index (χ0n) is 22.7. The Morgan fingerprint density at radius 3 is 0.917 bits per heavy atom. The zero-order valence-corrected chi connectivity index (χ0v) is 22.7. The summed E-state index contributed by atoms with van der Waals surface area (Å²) in [4.78, 5) is 30.3. The van der Waals surface area contributed by atoms with Crippen LogP contribution < -0.4 is 17.2 Å². The van der Waals surface area contributed by atoms with E-state index in [0.29, 0.717) is 18.1 Å². The minimum atomic E-state index is -1.40. The fourth-order valence-corrected chi connectivity index (χ4v) is 4.53. The summed E-state index contributed by atoms with van der Waals surface area (Å²) in [5.74, 6) is -2.56. The number of rotatable bonds is 5. The van der Waals surface area contributed by atoms with Crippen molar-refractivity contribution in [1.29, 1.82) is 0 Å². The maximum atomic E-state index is 10.2. The van der Waals surface area contributed by atoms with Crippen LogP contribution in [0.5, 0.6) is 0 Å². The van der Waals surface area contributed by atoms with Gasteiger partial charge in [0.05, 0.1) is 18.8 Å². The Bertz CT molecular complexity index is 515. The van der Waals surface area contributed by atoms with Crippen LogP contribution in [-0.2, 0) is 14.4 Å². The van der Waals surface area contributed by atoms with E-state index in [4.69, 9.17) is 32.5 Å². The first-order valence-electron chi connectivity index (χ1n) is 13.7. The zero-order chi connectivity index (χ0) is 27.7. The summed E-state index contributed by atoms with van der Waals surface area (Å²) in [6.45, 7) is 6.93. The van der Waals surface area contributed by atoms with Gasteiger partial charge in [0, 0.05) is 18.1 Å². The van der Waals surface area contributed by atoms with E-state index in [0.717, 1.165) is 17.8 Å². The number of nitrogens with two attached hydrogens (primary N) is 3. The highest BCUT2D eigenvalue weighted by Crippen LogP contribution is 2.23. The second kappa shape index (κ2) is 19.4. The Labute approximate surface area is 217 Å². The van der Waals surface area contributed by atoms with Gasteiger partial charge in [-0.25, -0.2) is 0 Å². The van der Waals surface area contributed by atoms with Crippen molar-refractivity contribution in [3.63, 3.8) is 0 Å². The smallest absolute Gasteiger partial charge is 0.307 e. The molecule has 3 aliphatic rings. The van der Waals surface area contributed by atoms with Crippen LogP contribution in [0.2, 0.25) is 0 Å². The SMILES string of the molecule is CC1CCC(N)CC1.CC1CCC(N)CC1.CC1CCC(N)CC1.O=C(O)CC(CC(=O)O)C(=O)O. The Morgan fingerprint density at radius 2 is 0.778 bits per heavy atom. The van der Waals surface area contributed by atoms with Crippen molar-refractivity contribution in [2.24, 2.45) is 40.9 Å². The van der Waals surface area contributed by atoms with Gasteiger partial charge in [0.1, 0.15) is 0 Å². The van der Waals surface area contributed by atoms with Crippen LogP contribution in [0.4, 0.5) is 0 Å². The molecule has 0 unspecified atom stereocenters. The third-order valence-electron chi connectivity index (χ3n) is 7.37. The van der Waals surface area contributed by atoms with Gasteiger partial charge in [0.2, 0.25) is 0 Å². The van der Waals surface area contributed by atoms with Crippen molar-refractivity contribution in [3.8, 4) is 0 Å². The van der Waals surface area contributed by atoms with Crippen LogP contribution >= 0.6 is 0 Å². The van der Waals surface area contributed by atoms with E-state index in [1.807, 2.05) is 0 Å².